The predicted molar refractivity (Wildman–Crippen MR) is 49.5 cm³/mol. The van der Waals surface area contributed by atoms with Crippen LogP contribution in [0.5, 0.6) is 0 Å². The highest BCUT2D eigenvalue weighted by atomic mass is 19.1. The van der Waals surface area contributed by atoms with Crippen LogP contribution in [0.2, 0.25) is 0 Å². The summed E-state index contributed by atoms with van der Waals surface area (Å²) in [6.07, 6.45) is 2.88. The monoisotopic (exact) mass is 179 g/mol. The van der Waals surface area contributed by atoms with Gasteiger partial charge in [-0.3, -0.25) is 4.79 Å². The van der Waals surface area contributed by atoms with Crippen LogP contribution in [0, 0.1) is 5.82 Å². The van der Waals surface area contributed by atoms with E-state index in [4.69, 9.17) is 5.73 Å². The SMILES string of the molecule is NCC(=O)/C=C/c1cccc(F)c1. The Morgan fingerprint density at radius 3 is 2.92 bits per heavy atom. The molecule has 3 heteroatoms. The van der Waals surface area contributed by atoms with Crippen LogP contribution in [0.15, 0.2) is 30.3 Å². The number of benzene rings is 1. The molecule has 0 aliphatic heterocycles. The summed E-state index contributed by atoms with van der Waals surface area (Å²) < 4.78 is 12.6. The molecule has 68 valence electrons. The molecule has 1 aromatic carbocycles. The number of nitrogens with two attached hydrogens (primary N) is 1. The number of carbonyl (C=O) groups excluding carboxylic acids is 1. The zero-order chi connectivity index (χ0) is 9.68. The highest BCUT2D eigenvalue weighted by molar-refractivity contribution is 5.94. The minimum atomic E-state index is -0.317. The molecule has 2 nitrogen and oxygen atoms in total. The molecular weight excluding hydrogens is 169 g/mol. The first-order valence-corrected chi connectivity index (χ1v) is 3.89. The molecule has 0 fully saturated rings. The minimum absolute atomic E-state index is 0.0220. The molecule has 0 amide bonds. The average Bonchev–Trinajstić information content (AvgIpc) is 2.14. The standard InChI is InChI=1S/C10H10FNO/c11-9-3-1-2-8(6-9)4-5-10(13)7-12/h1-6H,7,12H2/b5-4+. The maximum atomic E-state index is 12.6. The van der Waals surface area contributed by atoms with Crippen molar-refractivity contribution in [2.24, 2.45) is 5.73 Å². The minimum Gasteiger partial charge on any atom is -0.324 e. The van der Waals surface area contributed by atoms with Crippen molar-refractivity contribution in [3.05, 3.63) is 41.7 Å². The molecule has 2 N–H and O–H groups in total. The number of hydrogen-bond donors (Lipinski definition) is 1. The number of rotatable bonds is 3. The smallest absolute Gasteiger partial charge is 0.169 e. The summed E-state index contributed by atoms with van der Waals surface area (Å²) in [5.41, 5.74) is 5.75. The van der Waals surface area contributed by atoms with Crippen molar-refractivity contribution in [3.63, 3.8) is 0 Å². The van der Waals surface area contributed by atoms with E-state index in [0.29, 0.717) is 5.56 Å². The van der Waals surface area contributed by atoms with Crippen LogP contribution in [-0.2, 0) is 4.79 Å². The average molecular weight is 179 g/mol. The van der Waals surface area contributed by atoms with Crippen LogP contribution < -0.4 is 5.73 Å². The molecule has 0 aliphatic rings. The maximum Gasteiger partial charge on any atom is 0.169 e. The summed E-state index contributed by atoms with van der Waals surface area (Å²) in [5, 5.41) is 0. The molecule has 0 heterocycles. The van der Waals surface area contributed by atoms with E-state index in [2.05, 4.69) is 0 Å². The zero-order valence-electron chi connectivity index (χ0n) is 7.03. The van der Waals surface area contributed by atoms with E-state index in [9.17, 15) is 9.18 Å². The molecule has 0 unspecified atom stereocenters. The molecular formula is C10H10FNO. The van der Waals surface area contributed by atoms with Gasteiger partial charge in [0.15, 0.2) is 5.78 Å². The summed E-state index contributed by atoms with van der Waals surface area (Å²) in [6, 6.07) is 5.99. The first-order chi connectivity index (χ1) is 6.22. The Labute approximate surface area is 75.9 Å². The fourth-order valence-corrected chi connectivity index (χ4v) is 0.867. The molecule has 0 aromatic heterocycles. The van der Waals surface area contributed by atoms with Crippen molar-refractivity contribution in [3.8, 4) is 0 Å². The Morgan fingerprint density at radius 2 is 2.31 bits per heavy atom. The van der Waals surface area contributed by atoms with Gasteiger partial charge in [0.1, 0.15) is 5.82 Å². The van der Waals surface area contributed by atoms with Crippen molar-refractivity contribution in [1.29, 1.82) is 0 Å². The van der Waals surface area contributed by atoms with Gasteiger partial charge in [-0.15, -0.1) is 0 Å². The van der Waals surface area contributed by atoms with Crippen LogP contribution in [0.3, 0.4) is 0 Å². The maximum absolute atomic E-state index is 12.6. The van der Waals surface area contributed by atoms with Crippen LogP contribution >= 0.6 is 0 Å². The van der Waals surface area contributed by atoms with E-state index in [-0.39, 0.29) is 18.1 Å². The lowest BCUT2D eigenvalue weighted by Gasteiger charge is -1.92. The zero-order valence-corrected chi connectivity index (χ0v) is 7.03. The first kappa shape index (κ1) is 9.61. The molecule has 0 atom stereocenters. The highest BCUT2D eigenvalue weighted by Gasteiger charge is 1.92. The van der Waals surface area contributed by atoms with Crippen molar-refractivity contribution in [2.45, 2.75) is 0 Å². The van der Waals surface area contributed by atoms with Gasteiger partial charge in [-0.25, -0.2) is 4.39 Å². The van der Waals surface area contributed by atoms with Gasteiger partial charge in [0, 0.05) is 0 Å². The number of ketones is 1. The number of carbonyl (C=O) groups is 1. The second-order valence-corrected chi connectivity index (χ2v) is 2.56. The van der Waals surface area contributed by atoms with Crippen LogP contribution in [0.4, 0.5) is 4.39 Å². The van der Waals surface area contributed by atoms with Crippen LogP contribution in [-0.4, -0.2) is 12.3 Å². The Balaban J connectivity index is 2.74. The number of halogens is 1. The Bertz CT molecular complexity index is 333. The summed E-state index contributed by atoms with van der Waals surface area (Å²) >= 11 is 0. The van der Waals surface area contributed by atoms with Gasteiger partial charge in [0.2, 0.25) is 0 Å². The lowest BCUT2D eigenvalue weighted by Crippen LogP contribution is -2.09. The molecule has 0 saturated heterocycles. The van der Waals surface area contributed by atoms with E-state index in [0.717, 1.165) is 0 Å². The Hall–Kier alpha value is -1.48. The second kappa shape index (κ2) is 4.52. The van der Waals surface area contributed by atoms with Gasteiger partial charge < -0.3 is 5.73 Å². The molecule has 1 rings (SSSR count). The first-order valence-electron chi connectivity index (χ1n) is 3.89. The van der Waals surface area contributed by atoms with Gasteiger partial charge >= 0.3 is 0 Å². The largest absolute Gasteiger partial charge is 0.324 e. The highest BCUT2D eigenvalue weighted by Crippen LogP contribution is 2.04. The molecule has 0 saturated carbocycles. The van der Waals surface area contributed by atoms with Crippen molar-refractivity contribution < 1.29 is 9.18 Å². The second-order valence-electron chi connectivity index (χ2n) is 2.56. The third-order valence-corrected chi connectivity index (χ3v) is 1.51. The lowest BCUT2D eigenvalue weighted by atomic mass is 10.2. The molecule has 0 aliphatic carbocycles. The van der Waals surface area contributed by atoms with Gasteiger partial charge in [-0.1, -0.05) is 18.2 Å². The molecule has 13 heavy (non-hydrogen) atoms. The summed E-state index contributed by atoms with van der Waals surface area (Å²) in [5.74, 6) is -0.494. The predicted octanol–water partition coefficient (Wildman–Crippen LogP) is 1.37. The summed E-state index contributed by atoms with van der Waals surface area (Å²) in [7, 11) is 0. The topological polar surface area (TPSA) is 43.1 Å². The Morgan fingerprint density at radius 1 is 1.54 bits per heavy atom. The molecule has 1 aromatic rings. The quantitative estimate of drug-likeness (QED) is 0.712. The van der Waals surface area contributed by atoms with E-state index in [1.807, 2.05) is 0 Å². The van der Waals surface area contributed by atoms with Gasteiger partial charge in [-0.2, -0.15) is 0 Å². The molecule has 0 spiro atoms. The number of hydrogen-bond acceptors (Lipinski definition) is 2. The van der Waals surface area contributed by atoms with Gasteiger partial charge in [0.25, 0.3) is 0 Å². The fourth-order valence-electron chi connectivity index (χ4n) is 0.867. The fraction of sp³-hybridized carbons (Fsp3) is 0.100. The van der Waals surface area contributed by atoms with Gasteiger partial charge in [0.05, 0.1) is 6.54 Å². The van der Waals surface area contributed by atoms with E-state index in [1.54, 1.807) is 12.1 Å². The van der Waals surface area contributed by atoms with Crippen molar-refractivity contribution in [1.82, 2.24) is 0 Å². The summed E-state index contributed by atoms with van der Waals surface area (Å²) in [4.78, 5) is 10.8. The molecule has 0 bridgehead atoms. The molecule has 0 radical (unpaired) electrons. The van der Waals surface area contributed by atoms with E-state index < -0.39 is 0 Å². The van der Waals surface area contributed by atoms with Crippen molar-refractivity contribution in [2.75, 3.05) is 6.54 Å². The van der Waals surface area contributed by atoms with Gasteiger partial charge in [-0.05, 0) is 23.8 Å². The van der Waals surface area contributed by atoms with E-state index >= 15 is 0 Å². The Kier molecular flexibility index (Phi) is 3.34. The lowest BCUT2D eigenvalue weighted by molar-refractivity contribution is -0.113. The summed E-state index contributed by atoms with van der Waals surface area (Å²) in [6.45, 7) is -0.0220. The van der Waals surface area contributed by atoms with Crippen LogP contribution in [0.25, 0.3) is 6.08 Å². The van der Waals surface area contributed by atoms with Crippen LogP contribution in [0.1, 0.15) is 5.56 Å². The van der Waals surface area contributed by atoms with E-state index in [1.165, 1.54) is 24.3 Å². The third-order valence-electron chi connectivity index (χ3n) is 1.51. The third kappa shape index (κ3) is 3.17. The van der Waals surface area contributed by atoms with Crippen molar-refractivity contribution >= 4 is 11.9 Å². The normalized spacial score (nSPS) is 10.6.